The molecule has 0 heterocycles. The van der Waals surface area contributed by atoms with E-state index in [1.54, 1.807) is 18.2 Å². The van der Waals surface area contributed by atoms with Gasteiger partial charge < -0.3 is 14.6 Å². The van der Waals surface area contributed by atoms with Crippen molar-refractivity contribution in [1.29, 1.82) is 0 Å². The summed E-state index contributed by atoms with van der Waals surface area (Å²) in [6.07, 6.45) is 7.37. The van der Waals surface area contributed by atoms with Gasteiger partial charge in [0, 0.05) is 11.1 Å². The van der Waals surface area contributed by atoms with Crippen LogP contribution in [-0.2, 0) is 9.53 Å². The first-order chi connectivity index (χ1) is 11.6. The van der Waals surface area contributed by atoms with Crippen molar-refractivity contribution in [2.45, 2.75) is 51.9 Å². The highest BCUT2D eigenvalue weighted by atomic mass is 35.5. The minimum absolute atomic E-state index is 0.0567. The molecule has 5 heteroatoms. The van der Waals surface area contributed by atoms with E-state index in [9.17, 15) is 9.90 Å². The molecule has 0 spiro atoms. The minimum atomic E-state index is -1.09. The van der Waals surface area contributed by atoms with Crippen LogP contribution in [0, 0.1) is 0 Å². The monoisotopic (exact) mass is 354 g/mol. The summed E-state index contributed by atoms with van der Waals surface area (Å²) in [6, 6.07) is 5.36. The Morgan fingerprint density at radius 1 is 1.12 bits per heavy atom. The lowest BCUT2D eigenvalue weighted by Gasteiger charge is -2.15. The third kappa shape index (κ3) is 5.75. The van der Waals surface area contributed by atoms with Gasteiger partial charge in [0.15, 0.2) is 0 Å². The number of carboxylic acids is 1. The van der Waals surface area contributed by atoms with E-state index in [2.05, 4.69) is 6.92 Å². The number of carboxylic acid groups (broad SMARTS) is 1. The predicted molar refractivity (Wildman–Crippen MR) is 97.6 cm³/mol. The molecule has 1 aromatic rings. The second kappa shape index (κ2) is 11.0. The fraction of sp³-hybridized carbons (Fsp3) is 0.526. The number of ether oxygens (including phenoxy) is 2. The van der Waals surface area contributed by atoms with E-state index in [4.69, 9.17) is 21.1 Å². The van der Waals surface area contributed by atoms with Crippen LogP contribution in [0.5, 0.6) is 5.75 Å². The summed E-state index contributed by atoms with van der Waals surface area (Å²) >= 11 is 6.38. The summed E-state index contributed by atoms with van der Waals surface area (Å²) in [5.74, 6) is -0.619. The molecule has 0 atom stereocenters. The van der Waals surface area contributed by atoms with E-state index in [0.717, 1.165) is 19.3 Å². The Hall–Kier alpha value is -1.68. The van der Waals surface area contributed by atoms with Crippen molar-refractivity contribution >= 4 is 23.1 Å². The van der Waals surface area contributed by atoms with Gasteiger partial charge in [-0.2, -0.15) is 0 Å². The van der Waals surface area contributed by atoms with Crippen molar-refractivity contribution < 1.29 is 19.4 Å². The van der Waals surface area contributed by atoms with Gasteiger partial charge in [0.1, 0.15) is 5.75 Å². The van der Waals surface area contributed by atoms with E-state index in [0.29, 0.717) is 28.3 Å². The van der Waals surface area contributed by atoms with Gasteiger partial charge in [0.2, 0.25) is 5.76 Å². The van der Waals surface area contributed by atoms with Crippen molar-refractivity contribution in [2.75, 3.05) is 14.2 Å². The lowest BCUT2D eigenvalue weighted by Crippen LogP contribution is -2.07. The first-order valence-corrected chi connectivity index (χ1v) is 8.77. The lowest BCUT2D eigenvalue weighted by molar-refractivity contribution is -0.135. The Morgan fingerprint density at radius 3 is 2.38 bits per heavy atom. The Bertz CT molecular complexity index is 566. The van der Waals surface area contributed by atoms with Crippen molar-refractivity contribution in [2.24, 2.45) is 0 Å². The highest BCUT2D eigenvalue weighted by molar-refractivity contribution is 6.34. The molecule has 0 bridgehead atoms. The molecule has 0 saturated heterocycles. The number of methoxy groups -OCH3 is 2. The normalized spacial score (nSPS) is 11.8. The second-order valence-electron chi connectivity index (χ2n) is 5.66. The van der Waals surface area contributed by atoms with Gasteiger partial charge >= 0.3 is 5.97 Å². The molecule has 0 radical (unpaired) electrons. The number of benzene rings is 1. The summed E-state index contributed by atoms with van der Waals surface area (Å²) < 4.78 is 10.4. The van der Waals surface area contributed by atoms with Crippen LogP contribution in [-0.4, -0.2) is 25.3 Å². The van der Waals surface area contributed by atoms with E-state index in [1.165, 1.54) is 33.5 Å². The van der Waals surface area contributed by atoms with Gasteiger partial charge in [0.25, 0.3) is 0 Å². The number of halogens is 1. The van der Waals surface area contributed by atoms with Crippen molar-refractivity contribution in [1.82, 2.24) is 0 Å². The zero-order chi connectivity index (χ0) is 17.9. The van der Waals surface area contributed by atoms with Crippen LogP contribution in [0.15, 0.2) is 24.0 Å². The molecule has 0 aliphatic rings. The molecular formula is C19H27ClO4. The van der Waals surface area contributed by atoms with Gasteiger partial charge in [-0.05, 0) is 18.9 Å². The second-order valence-corrected chi connectivity index (χ2v) is 6.03. The van der Waals surface area contributed by atoms with Crippen LogP contribution in [0.3, 0.4) is 0 Å². The van der Waals surface area contributed by atoms with Crippen LogP contribution >= 0.6 is 11.6 Å². The largest absolute Gasteiger partial charge is 0.495 e. The van der Waals surface area contributed by atoms with Crippen LogP contribution in [0.4, 0.5) is 0 Å². The van der Waals surface area contributed by atoms with Crippen LogP contribution in [0.25, 0.3) is 5.57 Å². The predicted octanol–water partition coefficient (Wildman–Crippen LogP) is 5.54. The number of aliphatic carboxylic acids is 1. The van der Waals surface area contributed by atoms with Gasteiger partial charge in [-0.15, -0.1) is 0 Å². The van der Waals surface area contributed by atoms with Crippen molar-refractivity contribution in [3.63, 3.8) is 0 Å². The SMILES string of the molecule is CCCCCCCCC(=C(OC)C(=O)O)c1cccc(OC)c1Cl. The Kier molecular flexibility index (Phi) is 9.31. The average molecular weight is 355 g/mol. The van der Waals surface area contributed by atoms with Crippen LogP contribution < -0.4 is 4.74 Å². The molecule has 4 nitrogen and oxygen atoms in total. The first kappa shape index (κ1) is 20.4. The molecule has 24 heavy (non-hydrogen) atoms. The van der Waals surface area contributed by atoms with E-state index in [-0.39, 0.29) is 5.76 Å². The molecule has 134 valence electrons. The fourth-order valence-corrected chi connectivity index (χ4v) is 3.01. The zero-order valence-electron chi connectivity index (χ0n) is 14.7. The van der Waals surface area contributed by atoms with Crippen LogP contribution in [0.2, 0.25) is 5.02 Å². The minimum Gasteiger partial charge on any atom is -0.495 e. The third-order valence-electron chi connectivity index (χ3n) is 3.96. The fourth-order valence-electron chi connectivity index (χ4n) is 2.69. The summed E-state index contributed by atoms with van der Waals surface area (Å²) in [7, 11) is 2.91. The van der Waals surface area contributed by atoms with Crippen molar-refractivity contribution in [3.8, 4) is 5.75 Å². The number of carbonyl (C=O) groups is 1. The number of hydrogen-bond acceptors (Lipinski definition) is 3. The topological polar surface area (TPSA) is 55.8 Å². The summed E-state index contributed by atoms with van der Waals surface area (Å²) in [5.41, 5.74) is 1.27. The molecule has 0 amide bonds. The number of unbranched alkanes of at least 4 members (excludes halogenated alkanes) is 5. The summed E-state index contributed by atoms with van der Waals surface area (Å²) in [5, 5.41) is 9.85. The molecular weight excluding hydrogens is 328 g/mol. The maximum atomic E-state index is 11.5. The molecule has 0 fully saturated rings. The quantitative estimate of drug-likeness (QED) is 0.322. The third-order valence-corrected chi connectivity index (χ3v) is 4.35. The maximum Gasteiger partial charge on any atom is 0.371 e. The van der Waals surface area contributed by atoms with Crippen molar-refractivity contribution in [3.05, 3.63) is 34.5 Å². The average Bonchev–Trinajstić information content (AvgIpc) is 2.57. The maximum absolute atomic E-state index is 11.5. The Balaban J connectivity index is 3.02. The lowest BCUT2D eigenvalue weighted by atomic mass is 9.97. The number of allylic oxidation sites excluding steroid dienone is 1. The Labute approximate surface area is 149 Å². The number of rotatable bonds is 11. The molecule has 0 saturated carbocycles. The van der Waals surface area contributed by atoms with Gasteiger partial charge in [-0.1, -0.05) is 62.8 Å². The molecule has 0 aromatic heterocycles. The first-order valence-electron chi connectivity index (χ1n) is 8.40. The summed E-state index contributed by atoms with van der Waals surface area (Å²) in [6.45, 7) is 2.18. The zero-order valence-corrected chi connectivity index (χ0v) is 15.5. The molecule has 0 unspecified atom stereocenters. The standard InChI is InChI=1S/C19H27ClO4/c1-4-5-6-7-8-9-11-15(18(24-3)19(21)22)14-12-10-13-16(23-2)17(14)20/h10,12-13H,4-9,11H2,1-3H3,(H,21,22). The van der Waals surface area contributed by atoms with Gasteiger partial charge in [0.05, 0.1) is 19.2 Å². The van der Waals surface area contributed by atoms with E-state index >= 15 is 0 Å². The van der Waals surface area contributed by atoms with E-state index < -0.39 is 5.97 Å². The molecule has 0 aliphatic carbocycles. The van der Waals surface area contributed by atoms with Crippen LogP contribution in [0.1, 0.15) is 57.4 Å². The smallest absolute Gasteiger partial charge is 0.371 e. The molecule has 1 rings (SSSR count). The highest BCUT2D eigenvalue weighted by Gasteiger charge is 2.20. The number of hydrogen-bond donors (Lipinski definition) is 1. The van der Waals surface area contributed by atoms with E-state index in [1.807, 2.05) is 0 Å². The Morgan fingerprint density at radius 2 is 1.79 bits per heavy atom. The molecule has 1 N–H and O–H groups in total. The summed E-state index contributed by atoms with van der Waals surface area (Å²) in [4.78, 5) is 11.5. The van der Waals surface area contributed by atoms with Gasteiger partial charge in [-0.3, -0.25) is 0 Å². The van der Waals surface area contributed by atoms with Gasteiger partial charge in [-0.25, -0.2) is 4.79 Å². The molecule has 1 aromatic carbocycles. The highest BCUT2D eigenvalue weighted by Crippen LogP contribution is 2.36. The molecule has 0 aliphatic heterocycles.